The van der Waals surface area contributed by atoms with Crippen molar-refractivity contribution in [2.24, 2.45) is 0 Å². The Morgan fingerprint density at radius 3 is 1.52 bits per heavy atom. The van der Waals surface area contributed by atoms with Crippen molar-refractivity contribution in [1.29, 1.82) is 0 Å². The van der Waals surface area contributed by atoms with Gasteiger partial charge in [-0.25, -0.2) is 0 Å². The van der Waals surface area contributed by atoms with Crippen molar-refractivity contribution in [2.45, 2.75) is 32.1 Å². The predicted molar refractivity (Wildman–Crippen MR) is 96.2 cm³/mol. The summed E-state index contributed by atoms with van der Waals surface area (Å²) in [7, 11) is 0. The third kappa shape index (κ3) is 7.12. The minimum Gasteiger partial charge on any atom is -0.351 e. The summed E-state index contributed by atoms with van der Waals surface area (Å²) >= 11 is 0. The van der Waals surface area contributed by atoms with Crippen LogP contribution in [0, 0.1) is 0 Å². The lowest BCUT2D eigenvalue weighted by Gasteiger charge is -2.06. The molecule has 2 aromatic heterocycles. The maximum Gasteiger partial charge on any atom is 0.269 e. The fourth-order valence-corrected chi connectivity index (χ4v) is 2.36. The monoisotopic (exact) mass is 340 g/mol. The van der Waals surface area contributed by atoms with E-state index in [1.807, 2.05) is 0 Å². The van der Waals surface area contributed by atoms with E-state index in [0.717, 1.165) is 32.1 Å². The first kappa shape index (κ1) is 18.6. The molecule has 0 atom stereocenters. The molecule has 2 rings (SSSR count). The van der Waals surface area contributed by atoms with Crippen molar-refractivity contribution < 1.29 is 9.59 Å². The lowest BCUT2D eigenvalue weighted by Crippen LogP contribution is -2.25. The Labute approximate surface area is 148 Å². The van der Waals surface area contributed by atoms with Gasteiger partial charge in [0.2, 0.25) is 0 Å². The molecule has 0 fully saturated rings. The summed E-state index contributed by atoms with van der Waals surface area (Å²) < 4.78 is 0. The number of pyridine rings is 2. The summed E-state index contributed by atoms with van der Waals surface area (Å²) in [6.45, 7) is 1.32. The van der Waals surface area contributed by atoms with Gasteiger partial charge in [0.15, 0.2) is 0 Å². The molecule has 6 heteroatoms. The van der Waals surface area contributed by atoms with Crippen LogP contribution in [0.2, 0.25) is 0 Å². The standard InChI is InChI=1S/C19H24N4O2/c24-18(16-10-4-8-12-20-16)22-14-6-2-1-3-7-15-23-19(25)17-11-5-9-13-21-17/h4-5,8-13H,1-3,6-7,14-15H2,(H,22,24)(H,23,25). The summed E-state index contributed by atoms with van der Waals surface area (Å²) in [4.78, 5) is 31.6. The number of carbonyl (C=O) groups excluding carboxylic acids is 2. The van der Waals surface area contributed by atoms with Crippen molar-refractivity contribution in [2.75, 3.05) is 13.1 Å². The molecule has 2 N–H and O–H groups in total. The second-order valence-corrected chi connectivity index (χ2v) is 5.71. The van der Waals surface area contributed by atoms with Gasteiger partial charge < -0.3 is 10.6 Å². The number of nitrogens with zero attached hydrogens (tertiary/aromatic N) is 2. The number of nitrogens with one attached hydrogen (secondary N) is 2. The molecular weight excluding hydrogens is 316 g/mol. The summed E-state index contributed by atoms with van der Waals surface area (Å²) in [5, 5.41) is 5.74. The normalized spacial score (nSPS) is 10.2. The first-order valence-electron chi connectivity index (χ1n) is 8.66. The number of rotatable bonds is 10. The fraction of sp³-hybridized carbons (Fsp3) is 0.368. The van der Waals surface area contributed by atoms with Gasteiger partial charge in [-0.3, -0.25) is 19.6 Å². The van der Waals surface area contributed by atoms with Crippen LogP contribution in [-0.2, 0) is 0 Å². The highest BCUT2D eigenvalue weighted by Crippen LogP contribution is 2.02. The zero-order valence-electron chi connectivity index (χ0n) is 14.3. The summed E-state index contributed by atoms with van der Waals surface area (Å²) in [6.07, 6.45) is 8.30. The van der Waals surface area contributed by atoms with E-state index in [2.05, 4.69) is 20.6 Å². The molecule has 0 aliphatic carbocycles. The highest BCUT2D eigenvalue weighted by atomic mass is 16.2. The zero-order valence-corrected chi connectivity index (χ0v) is 14.3. The van der Waals surface area contributed by atoms with Crippen LogP contribution in [0.3, 0.4) is 0 Å². The van der Waals surface area contributed by atoms with Crippen molar-refractivity contribution >= 4 is 11.8 Å². The van der Waals surface area contributed by atoms with Crippen LogP contribution in [0.1, 0.15) is 53.1 Å². The van der Waals surface area contributed by atoms with Crippen LogP contribution in [0.15, 0.2) is 48.8 Å². The molecule has 0 radical (unpaired) electrons. The number of unbranched alkanes of at least 4 members (excludes halogenated alkanes) is 4. The SMILES string of the molecule is O=C(NCCCCCCCNC(=O)c1ccccn1)c1ccccn1. The van der Waals surface area contributed by atoms with E-state index in [0.29, 0.717) is 24.5 Å². The zero-order chi connectivity index (χ0) is 17.7. The van der Waals surface area contributed by atoms with Crippen LogP contribution in [0.25, 0.3) is 0 Å². The van der Waals surface area contributed by atoms with Crippen molar-refractivity contribution in [3.8, 4) is 0 Å². The van der Waals surface area contributed by atoms with E-state index in [9.17, 15) is 9.59 Å². The highest BCUT2D eigenvalue weighted by Gasteiger charge is 2.05. The average molecular weight is 340 g/mol. The number of hydrogen-bond donors (Lipinski definition) is 2. The molecule has 2 amide bonds. The van der Waals surface area contributed by atoms with Gasteiger partial charge in [-0.2, -0.15) is 0 Å². The molecule has 6 nitrogen and oxygen atoms in total. The van der Waals surface area contributed by atoms with Crippen molar-refractivity contribution in [1.82, 2.24) is 20.6 Å². The Bertz CT molecular complexity index is 589. The Morgan fingerprint density at radius 1 is 0.680 bits per heavy atom. The molecule has 0 aromatic carbocycles. The Morgan fingerprint density at radius 2 is 1.12 bits per heavy atom. The molecule has 0 bridgehead atoms. The fourth-order valence-electron chi connectivity index (χ4n) is 2.36. The van der Waals surface area contributed by atoms with E-state index in [-0.39, 0.29) is 11.8 Å². The van der Waals surface area contributed by atoms with Gasteiger partial charge in [-0.15, -0.1) is 0 Å². The molecule has 0 spiro atoms. The van der Waals surface area contributed by atoms with Gasteiger partial charge in [0.05, 0.1) is 0 Å². The van der Waals surface area contributed by atoms with Gasteiger partial charge >= 0.3 is 0 Å². The topological polar surface area (TPSA) is 84.0 Å². The lowest BCUT2D eigenvalue weighted by molar-refractivity contribution is 0.0940. The first-order valence-corrected chi connectivity index (χ1v) is 8.66. The minimum atomic E-state index is -0.127. The Balaban J connectivity index is 1.45. The molecule has 2 aromatic rings. The molecule has 132 valence electrons. The summed E-state index contributed by atoms with van der Waals surface area (Å²) in [5.41, 5.74) is 0.900. The predicted octanol–water partition coefficient (Wildman–Crippen LogP) is 2.59. The smallest absolute Gasteiger partial charge is 0.269 e. The maximum absolute atomic E-state index is 11.8. The third-order valence-corrected chi connectivity index (χ3v) is 3.72. The van der Waals surface area contributed by atoms with Gasteiger partial charge in [0.25, 0.3) is 11.8 Å². The summed E-state index contributed by atoms with van der Waals surface area (Å²) in [5.74, 6) is -0.254. The molecule has 0 aliphatic heterocycles. The van der Waals surface area contributed by atoms with E-state index < -0.39 is 0 Å². The summed E-state index contributed by atoms with van der Waals surface area (Å²) in [6, 6.07) is 10.6. The van der Waals surface area contributed by atoms with Gasteiger partial charge in [-0.05, 0) is 37.1 Å². The second-order valence-electron chi connectivity index (χ2n) is 5.71. The van der Waals surface area contributed by atoms with Crippen LogP contribution in [0.4, 0.5) is 0 Å². The third-order valence-electron chi connectivity index (χ3n) is 3.72. The van der Waals surface area contributed by atoms with E-state index in [4.69, 9.17) is 0 Å². The number of hydrogen-bond acceptors (Lipinski definition) is 4. The van der Waals surface area contributed by atoms with Gasteiger partial charge in [-0.1, -0.05) is 31.4 Å². The molecule has 25 heavy (non-hydrogen) atoms. The quantitative estimate of drug-likeness (QED) is 0.651. The largest absolute Gasteiger partial charge is 0.351 e. The molecule has 0 saturated heterocycles. The van der Waals surface area contributed by atoms with Crippen molar-refractivity contribution in [3.05, 3.63) is 60.2 Å². The highest BCUT2D eigenvalue weighted by molar-refractivity contribution is 5.92. The number of carbonyl (C=O) groups is 2. The molecule has 0 saturated carbocycles. The molecular formula is C19H24N4O2. The average Bonchev–Trinajstić information content (AvgIpc) is 2.67. The maximum atomic E-state index is 11.8. The molecule has 0 aliphatic rings. The molecule has 2 heterocycles. The van der Waals surface area contributed by atoms with Crippen LogP contribution in [0.5, 0.6) is 0 Å². The lowest BCUT2D eigenvalue weighted by atomic mass is 10.1. The Kier molecular flexibility index (Phi) is 8.11. The van der Waals surface area contributed by atoms with E-state index in [1.54, 1.807) is 48.8 Å². The Hall–Kier alpha value is -2.76. The van der Waals surface area contributed by atoms with Crippen molar-refractivity contribution in [3.63, 3.8) is 0 Å². The molecule has 0 unspecified atom stereocenters. The number of amides is 2. The second kappa shape index (κ2) is 10.9. The van der Waals surface area contributed by atoms with Crippen LogP contribution < -0.4 is 10.6 Å². The van der Waals surface area contributed by atoms with Gasteiger partial charge in [0.1, 0.15) is 11.4 Å². The van der Waals surface area contributed by atoms with E-state index >= 15 is 0 Å². The van der Waals surface area contributed by atoms with E-state index in [1.165, 1.54) is 0 Å². The van der Waals surface area contributed by atoms with Gasteiger partial charge in [0, 0.05) is 25.5 Å². The first-order chi connectivity index (χ1) is 12.3. The van der Waals surface area contributed by atoms with Crippen LogP contribution >= 0.6 is 0 Å². The number of aromatic nitrogens is 2. The van der Waals surface area contributed by atoms with Crippen LogP contribution in [-0.4, -0.2) is 34.9 Å². The minimum absolute atomic E-state index is 0.127.